The van der Waals surface area contributed by atoms with Crippen molar-refractivity contribution in [3.63, 3.8) is 0 Å². The number of anilines is 2. The lowest BCUT2D eigenvalue weighted by atomic mass is 10.0. The van der Waals surface area contributed by atoms with Crippen LogP contribution in [0.1, 0.15) is 39.8 Å². The summed E-state index contributed by atoms with van der Waals surface area (Å²) in [7, 11) is 4.07. The molecule has 2 aliphatic heterocycles. The summed E-state index contributed by atoms with van der Waals surface area (Å²) in [6.07, 6.45) is 0.728. The minimum atomic E-state index is -0.500. The van der Waals surface area contributed by atoms with Crippen molar-refractivity contribution in [1.82, 2.24) is 19.8 Å². The fraction of sp³-hybridized carbons (Fsp3) is 0.727. The Morgan fingerprint density at radius 2 is 2.00 bits per heavy atom. The number of hydrogen-bond acceptors (Lipinski definition) is 9. The van der Waals surface area contributed by atoms with E-state index in [1.54, 1.807) is 11.0 Å². The average molecular weight is 463 g/mol. The summed E-state index contributed by atoms with van der Waals surface area (Å²) in [5.41, 5.74) is 5.78. The molecule has 1 amide bonds. The van der Waals surface area contributed by atoms with Gasteiger partial charge in [-0.2, -0.15) is 4.98 Å². The van der Waals surface area contributed by atoms with Crippen molar-refractivity contribution in [3.05, 3.63) is 11.8 Å². The van der Waals surface area contributed by atoms with Crippen molar-refractivity contribution in [3.8, 4) is 0 Å². The van der Waals surface area contributed by atoms with Crippen LogP contribution in [0.4, 0.5) is 16.6 Å². The lowest BCUT2D eigenvalue weighted by Crippen LogP contribution is -2.54. The molecule has 0 bridgehead atoms. The minimum absolute atomic E-state index is 0.0485. The third kappa shape index (κ3) is 6.37. The number of ether oxygens (including phenoxy) is 1. The van der Waals surface area contributed by atoms with Crippen molar-refractivity contribution < 1.29 is 14.7 Å². The van der Waals surface area contributed by atoms with Gasteiger partial charge < -0.3 is 35.3 Å². The second kappa shape index (κ2) is 9.98. The highest BCUT2D eigenvalue weighted by molar-refractivity contribution is 5.96. The number of oxime groups is 1. The topological polar surface area (TPSA) is 124 Å². The molecule has 2 aliphatic rings. The Balaban J connectivity index is 1.73. The highest BCUT2D eigenvalue weighted by Crippen LogP contribution is 2.24. The molecule has 2 fully saturated rings. The summed E-state index contributed by atoms with van der Waals surface area (Å²) in [4.78, 5) is 29.9. The van der Waals surface area contributed by atoms with Crippen LogP contribution in [-0.2, 0) is 4.74 Å². The zero-order valence-electron chi connectivity index (χ0n) is 20.7. The molecule has 1 atom stereocenters. The van der Waals surface area contributed by atoms with Crippen molar-refractivity contribution in [2.24, 2.45) is 16.8 Å². The summed E-state index contributed by atoms with van der Waals surface area (Å²) < 4.78 is 5.44. The van der Waals surface area contributed by atoms with Crippen LogP contribution in [0.25, 0.3) is 0 Å². The monoisotopic (exact) mass is 462 g/mol. The van der Waals surface area contributed by atoms with Crippen molar-refractivity contribution in [2.75, 3.05) is 63.2 Å². The largest absolute Gasteiger partial charge is 0.444 e. The number of amides is 1. The lowest BCUT2D eigenvalue weighted by Gasteiger charge is -2.41. The summed E-state index contributed by atoms with van der Waals surface area (Å²) in [6.45, 7) is 12.5. The van der Waals surface area contributed by atoms with E-state index in [0.717, 1.165) is 26.1 Å². The summed E-state index contributed by atoms with van der Waals surface area (Å²) >= 11 is 0. The SMILES string of the molecule is C[C@H]1CN(C)CCCN1c1nc(/C(N)=N/O)cc(N(C)CC2CN(C(=O)OC(C)(C)C)C2)n1. The van der Waals surface area contributed by atoms with Crippen molar-refractivity contribution >= 4 is 23.7 Å². The van der Waals surface area contributed by atoms with E-state index in [1.165, 1.54) is 0 Å². The fourth-order valence-corrected chi connectivity index (χ4v) is 4.24. The zero-order chi connectivity index (χ0) is 24.3. The van der Waals surface area contributed by atoms with E-state index in [1.807, 2.05) is 32.7 Å². The van der Waals surface area contributed by atoms with Crippen LogP contribution in [-0.4, -0.2) is 102 Å². The number of nitrogens with zero attached hydrogens (tertiary/aromatic N) is 7. The van der Waals surface area contributed by atoms with Crippen molar-refractivity contribution in [1.29, 1.82) is 0 Å². The molecule has 1 aromatic rings. The maximum atomic E-state index is 12.2. The number of carbonyl (C=O) groups excluding carboxylic acids is 1. The molecule has 11 nitrogen and oxygen atoms in total. The van der Waals surface area contributed by atoms with Gasteiger partial charge in [-0.3, -0.25) is 0 Å². The lowest BCUT2D eigenvalue weighted by molar-refractivity contribution is 0.000176. The maximum Gasteiger partial charge on any atom is 0.410 e. The predicted octanol–water partition coefficient (Wildman–Crippen LogP) is 1.40. The Bertz CT molecular complexity index is 866. The summed E-state index contributed by atoms with van der Waals surface area (Å²) in [5.74, 6) is 1.53. The molecule has 1 aromatic heterocycles. The van der Waals surface area contributed by atoms with Crippen LogP contribution < -0.4 is 15.5 Å². The van der Waals surface area contributed by atoms with E-state index in [-0.39, 0.29) is 18.0 Å². The number of nitrogens with two attached hydrogens (primary N) is 1. The summed E-state index contributed by atoms with van der Waals surface area (Å²) in [6, 6.07) is 1.96. The van der Waals surface area contributed by atoms with Crippen LogP contribution in [0.2, 0.25) is 0 Å². The van der Waals surface area contributed by atoms with Crippen LogP contribution in [0, 0.1) is 5.92 Å². The molecular formula is C22H38N8O3. The fourth-order valence-electron chi connectivity index (χ4n) is 4.24. The molecule has 33 heavy (non-hydrogen) atoms. The highest BCUT2D eigenvalue weighted by atomic mass is 16.6. The Hall–Kier alpha value is -2.82. The zero-order valence-corrected chi connectivity index (χ0v) is 20.7. The molecule has 0 radical (unpaired) electrons. The number of amidine groups is 1. The molecule has 0 spiro atoms. The van der Waals surface area contributed by atoms with Gasteiger partial charge in [0.15, 0.2) is 5.84 Å². The van der Waals surface area contributed by atoms with Gasteiger partial charge in [-0.15, -0.1) is 0 Å². The first-order valence-electron chi connectivity index (χ1n) is 11.5. The van der Waals surface area contributed by atoms with Crippen LogP contribution in [0.15, 0.2) is 11.2 Å². The molecule has 0 aliphatic carbocycles. The van der Waals surface area contributed by atoms with Crippen LogP contribution >= 0.6 is 0 Å². The second-order valence-electron chi connectivity index (χ2n) is 10.2. The van der Waals surface area contributed by atoms with E-state index < -0.39 is 5.60 Å². The highest BCUT2D eigenvalue weighted by Gasteiger charge is 2.34. The Labute approximate surface area is 196 Å². The first-order chi connectivity index (χ1) is 15.5. The standard InChI is InChI=1S/C22H38N8O3/c1-15-11-27(5)8-7-9-30(15)20-24-17(19(23)26-32)10-18(25-20)28(6)12-16-13-29(14-16)21(31)33-22(2,3)4/h10,15-16,32H,7-9,11-14H2,1-6H3,(H2,23,26)/t15-/m0/s1. The van der Waals surface area contributed by atoms with Gasteiger partial charge in [0.25, 0.3) is 0 Å². The van der Waals surface area contributed by atoms with Gasteiger partial charge >= 0.3 is 6.09 Å². The van der Waals surface area contributed by atoms with E-state index in [0.29, 0.717) is 43.0 Å². The maximum absolute atomic E-state index is 12.2. The number of carbonyl (C=O) groups is 1. The third-order valence-corrected chi connectivity index (χ3v) is 5.91. The number of hydrogen-bond donors (Lipinski definition) is 2. The molecule has 184 valence electrons. The normalized spacial score (nSPS) is 20.9. The molecule has 3 heterocycles. The quantitative estimate of drug-likeness (QED) is 0.289. The molecule has 0 saturated carbocycles. The van der Waals surface area contributed by atoms with E-state index in [4.69, 9.17) is 15.5 Å². The van der Waals surface area contributed by atoms with Gasteiger partial charge in [0.05, 0.1) is 0 Å². The summed E-state index contributed by atoms with van der Waals surface area (Å²) in [5, 5.41) is 12.4. The molecule has 0 aromatic carbocycles. The van der Waals surface area contributed by atoms with Gasteiger partial charge in [0, 0.05) is 57.8 Å². The van der Waals surface area contributed by atoms with E-state index in [9.17, 15) is 10.0 Å². The predicted molar refractivity (Wildman–Crippen MR) is 128 cm³/mol. The van der Waals surface area contributed by atoms with Gasteiger partial charge in [0.2, 0.25) is 5.95 Å². The smallest absolute Gasteiger partial charge is 0.410 e. The number of likely N-dealkylation sites (tertiary alicyclic amines) is 1. The number of rotatable bonds is 5. The van der Waals surface area contributed by atoms with Gasteiger partial charge in [-0.1, -0.05) is 5.16 Å². The van der Waals surface area contributed by atoms with Crippen molar-refractivity contribution in [2.45, 2.75) is 45.8 Å². The Morgan fingerprint density at radius 3 is 2.64 bits per heavy atom. The van der Waals surface area contributed by atoms with Crippen LogP contribution in [0.5, 0.6) is 0 Å². The molecule has 11 heteroatoms. The molecule has 3 rings (SSSR count). The Morgan fingerprint density at radius 1 is 1.30 bits per heavy atom. The number of aromatic nitrogens is 2. The average Bonchev–Trinajstić information content (AvgIpc) is 2.87. The molecular weight excluding hydrogens is 424 g/mol. The molecule has 3 N–H and O–H groups in total. The van der Waals surface area contributed by atoms with Gasteiger partial charge in [-0.05, 0) is 47.7 Å². The number of likely N-dealkylation sites (N-methyl/N-ethyl adjacent to an activating group) is 1. The van der Waals surface area contributed by atoms with E-state index >= 15 is 0 Å². The minimum Gasteiger partial charge on any atom is -0.444 e. The van der Waals surface area contributed by atoms with Gasteiger partial charge in [-0.25, -0.2) is 9.78 Å². The molecule has 2 saturated heterocycles. The molecule has 0 unspecified atom stereocenters. The van der Waals surface area contributed by atoms with Gasteiger partial charge in [0.1, 0.15) is 17.1 Å². The first kappa shape index (κ1) is 24.8. The van der Waals surface area contributed by atoms with Crippen LogP contribution in [0.3, 0.4) is 0 Å². The Kier molecular flexibility index (Phi) is 7.51. The first-order valence-corrected chi connectivity index (χ1v) is 11.5. The third-order valence-electron chi connectivity index (χ3n) is 5.91. The second-order valence-corrected chi connectivity index (χ2v) is 10.2. The van der Waals surface area contributed by atoms with E-state index in [2.05, 4.69) is 33.9 Å².